The van der Waals surface area contributed by atoms with Gasteiger partial charge in [0.25, 0.3) is 0 Å². The van der Waals surface area contributed by atoms with Crippen molar-refractivity contribution in [2.24, 2.45) is 7.05 Å². The Morgan fingerprint density at radius 2 is 2.55 bits per heavy atom. The fourth-order valence-electron chi connectivity index (χ4n) is 0.717. The van der Waals surface area contributed by atoms with Crippen LogP contribution < -0.4 is 0 Å². The molecule has 0 spiro atoms. The zero-order chi connectivity index (χ0) is 8.27. The average molecular weight is 154 g/mol. The van der Waals surface area contributed by atoms with E-state index in [9.17, 15) is 4.79 Å². The third-order valence-electron chi connectivity index (χ3n) is 1.18. The van der Waals surface area contributed by atoms with E-state index in [0.717, 1.165) is 5.69 Å². The van der Waals surface area contributed by atoms with Crippen LogP contribution in [0.2, 0.25) is 0 Å². The van der Waals surface area contributed by atoms with Gasteiger partial charge in [0.2, 0.25) is 0 Å². The molecular weight excluding hydrogens is 144 g/mol. The van der Waals surface area contributed by atoms with Gasteiger partial charge in [-0.1, -0.05) is 0 Å². The second kappa shape index (κ2) is 3.18. The first-order valence-corrected chi connectivity index (χ1v) is 3.28. The predicted octanol–water partition coefficient (Wildman–Crippen LogP) is 0.483. The second-order valence-corrected chi connectivity index (χ2v) is 2.31. The van der Waals surface area contributed by atoms with Crippen LogP contribution in [0.4, 0.5) is 0 Å². The highest BCUT2D eigenvalue weighted by Gasteiger charge is 1.97. The lowest BCUT2D eigenvalue weighted by molar-refractivity contribution is -0.142. The predicted molar refractivity (Wildman–Crippen MR) is 38.7 cm³/mol. The lowest BCUT2D eigenvalue weighted by Gasteiger charge is -1.95. The molecule has 11 heavy (non-hydrogen) atoms. The summed E-state index contributed by atoms with van der Waals surface area (Å²) >= 11 is 0. The fraction of sp³-hybridized carbons (Fsp3) is 0.429. The van der Waals surface area contributed by atoms with Gasteiger partial charge in [-0.05, 0) is 0 Å². The highest BCUT2D eigenvalue weighted by atomic mass is 16.5. The lowest BCUT2D eigenvalue weighted by Crippen LogP contribution is -1.98. The quantitative estimate of drug-likeness (QED) is 0.582. The minimum atomic E-state index is -0.282. The van der Waals surface area contributed by atoms with Gasteiger partial charge >= 0.3 is 5.97 Å². The molecule has 0 unspecified atom stereocenters. The van der Waals surface area contributed by atoms with Gasteiger partial charge in [-0.3, -0.25) is 4.79 Å². The van der Waals surface area contributed by atoms with Crippen molar-refractivity contribution in [3.05, 3.63) is 18.2 Å². The maximum Gasteiger partial charge on any atom is 0.303 e. The number of hydrogen-bond acceptors (Lipinski definition) is 3. The molecule has 0 fully saturated rings. The molecule has 1 aromatic rings. The number of carbonyl (C=O) groups is 1. The summed E-state index contributed by atoms with van der Waals surface area (Å²) < 4.78 is 6.53. The van der Waals surface area contributed by atoms with Gasteiger partial charge in [0.15, 0.2) is 0 Å². The molecule has 1 heterocycles. The number of imidazole rings is 1. The number of carbonyl (C=O) groups excluding carboxylic acids is 1. The number of hydrogen-bond donors (Lipinski definition) is 0. The average Bonchev–Trinajstić information content (AvgIpc) is 2.31. The molecule has 0 aliphatic heterocycles. The van der Waals surface area contributed by atoms with Gasteiger partial charge in [-0.2, -0.15) is 0 Å². The molecule has 4 heteroatoms. The van der Waals surface area contributed by atoms with Crippen LogP contribution in [0.1, 0.15) is 12.6 Å². The number of rotatable bonds is 2. The Bertz CT molecular complexity index is 255. The summed E-state index contributed by atoms with van der Waals surface area (Å²) in [5.41, 5.74) is 0.766. The van der Waals surface area contributed by atoms with Crippen molar-refractivity contribution < 1.29 is 9.53 Å². The highest BCUT2D eigenvalue weighted by Crippen LogP contribution is 1.96. The maximum atomic E-state index is 10.4. The van der Waals surface area contributed by atoms with E-state index >= 15 is 0 Å². The molecule has 60 valence electrons. The van der Waals surface area contributed by atoms with Crippen LogP contribution in [0.25, 0.3) is 0 Å². The Balaban J connectivity index is 2.45. The molecule has 0 aliphatic rings. The number of nitrogens with zero attached hydrogens (tertiary/aromatic N) is 2. The normalized spacial score (nSPS) is 9.64. The Kier molecular flexibility index (Phi) is 2.25. The Labute approximate surface area is 64.8 Å². The van der Waals surface area contributed by atoms with Crippen LogP contribution in [-0.2, 0) is 23.2 Å². The smallest absolute Gasteiger partial charge is 0.303 e. The second-order valence-electron chi connectivity index (χ2n) is 2.31. The van der Waals surface area contributed by atoms with Gasteiger partial charge in [0.1, 0.15) is 6.61 Å². The summed E-state index contributed by atoms with van der Waals surface area (Å²) in [6.07, 6.45) is 3.47. The first kappa shape index (κ1) is 7.78. The SMILES string of the molecule is CC(=O)OCc1cn(C)cn1. The summed E-state index contributed by atoms with van der Waals surface area (Å²) in [6, 6.07) is 0. The topological polar surface area (TPSA) is 44.1 Å². The monoisotopic (exact) mass is 154 g/mol. The van der Waals surface area contributed by atoms with Crippen molar-refractivity contribution in [2.45, 2.75) is 13.5 Å². The van der Waals surface area contributed by atoms with Crippen LogP contribution in [0, 0.1) is 0 Å². The summed E-state index contributed by atoms with van der Waals surface area (Å²) in [6.45, 7) is 1.64. The molecule has 0 radical (unpaired) electrons. The molecule has 0 aromatic carbocycles. The summed E-state index contributed by atoms with van der Waals surface area (Å²) in [5.74, 6) is -0.282. The van der Waals surface area contributed by atoms with E-state index in [1.165, 1.54) is 6.92 Å². The Morgan fingerprint density at radius 3 is 3.00 bits per heavy atom. The first-order valence-electron chi connectivity index (χ1n) is 3.28. The Morgan fingerprint density at radius 1 is 1.82 bits per heavy atom. The van der Waals surface area contributed by atoms with E-state index < -0.39 is 0 Å². The molecule has 1 rings (SSSR count). The zero-order valence-electron chi connectivity index (χ0n) is 6.57. The Hall–Kier alpha value is -1.32. The van der Waals surface area contributed by atoms with Gasteiger partial charge in [-0.25, -0.2) is 4.98 Å². The molecule has 0 amide bonds. The fourth-order valence-corrected chi connectivity index (χ4v) is 0.717. The summed E-state index contributed by atoms with van der Waals surface area (Å²) in [4.78, 5) is 14.3. The van der Waals surface area contributed by atoms with Gasteiger partial charge in [0, 0.05) is 20.2 Å². The molecule has 4 nitrogen and oxygen atoms in total. The largest absolute Gasteiger partial charge is 0.459 e. The van der Waals surface area contributed by atoms with Crippen molar-refractivity contribution in [2.75, 3.05) is 0 Å². The minimum Gasteiger partial charge on any atom is -0.459 e. The van der Waals surface area contributed by atoms with E-state index in [1.807, 2.05) is 13.2 Å². The number of ether oxygens (including phenoxy) is 1. The summed E-state index contributed by atoms with van der Waals surface area (Å²) in [5, 5.41) is 0. The van der Waals surface area contributed by atoms with E-state index in [-0.39, 0.29) is 12.6 Å². The first-order chi connectivity index (χ1) is 5.18. The van der Waals surface area contributed by atoms with E-state index in [4.69, 9.17) is 4.74 Å². The van der Waals surface area contributed by atoms with Crippen molar-refractivity contribution >= 4 is 5.97 Å². The highest BCUT2D eigenvalue weighted by molar-refractivity contribution is 5.65. The van der Waals surface area contributed by atoms with Crippen LogP contribution in [0.3, 0.4) is 0 Å². The third kappa shape index (κ3) is 2.41. The lowest BCUT2D eigenvalue weighted by atomic mass is 10.5. The van der Waals surface area contributed by atoms with Crippen LogP contribution in [-0.4, -0.2) is 15.5 Å². The standard InChI is InChI=1S/C7H10N2O2/c1-6(10)11-4-7-3-9(2)5-8-7/h3,5H,4H2,1-2H3. The molecule has 0 N–H and O–H groups in total. The van der Waals surface area contributed by atoms with Gasteiger partial charge in [-0.15, -0.1) is 0 Å². The zero-order valence-corrected chi connectivity index (χ0v) is 6.57. The molecular formula is C7H10N2O2. The van der Waals surface area contributed by atoms with E-state index in [1.54, 1.807) is 10.9 Å². The number of esters is 1. The van der Waals surface area contributed by atoms with Crippen LogP contribution >= 0.6 is 0 Å². The molecule has 0 bridgehead atoms. The molecule has 0 saturated heterocycles. The van der Waals surface area contributed by atoms with Crippen molar-refractivity contribution in [3.63, 3.8) is 0 Å². The molecule has 0 saturated carbocycles. The molecule has 1 aromatic heterocycles. The van der Waals surface area contributed by atoms with Gasteiger partial charge in [0.05, 0.1) is 12.0 Å². The van der Waals surface area contributed by atoms with E-state index in [0.29, 0.717) is 0 Å². The summed E-state index contributed by atoms with van der Waals surface area (Å²) in [7, 11) is 1.87. The minimum absolute atomic E-state index is 0.260. The van der Waals surface area contributed by atoms with Gasteiger partial charge < -0.3 is 9.30 Å². The maximum absolute atomic E-state index is 10.4. The van der Waals surface area contributed by atoms with Crippen LogP contribution in [0.5, 0.6) is 0 Å². The number of aromatic nitrogens is 2. The third-order valence-corrected chi connectivity index (χ3v) is 1.18. The van der Waals surface area contributed by atoms with E-state index in [2.05, 4.69) is 4.98 Å². The van der Waals surface area contributed by atoms with Crippen molar-refractivity contribution in [1.82, 2.24) is 9.55 Å². The van der Waals surface area contributed by atoms with Crippen LogP contribution in [0.15, 0.2) is 12.5 Å². The molecule has 0 atom stereocenters. The molecule has 0 aliphatic carbocycles. The van der Waals surface area contributed by atoms with Crippen molar-refractivity contribution in [1.29, 1.82) is 0 Å². The van der Waals surface area contributed by atoms with Crippen molar-refractivity contribution in [3.8, 4) is 0 Å². The number of aryl methyl sites for hydroxylation is 1.